The molecular weight excluding hydrogens is 361 g/mol. The zero-order valence-corrected chi connectivity index (χ0v) is 13.7. The molecular formula is C11H18IN5S. The molecule has 7 heteroatoms. The van der Waals surface area contributed by atoms with Gasteiger partial charge in [-0.2, -0.15) is 0 Å². The zero-order valence-electron chi connectivity index (χ0n) is 10.5. The summed E-state index contributed by atoms with van der Waals surface area (Å²) in [5, 5.41) is 8.49. The van der Waals surface area contributed by atoms with Crippen molar-refractivity contribution < 1.29 is 0 Å². The lowest BCUT2D eigenvalue weighted by atomic mass is 10.4. The van der Waals surface area contributed by atoms with E-state index in [1.54, 1.807) is 18.4 Å². The minimum Gasteiger partial charge on any atom is -0.356 e. The largest absolute Gasteiger partial charge is 0.356 e. The lowest BCUT2D eigenvalue weighted by Gasteiger charge is -2.09. The van der Waals surface area contributed by atoms with Crippen LogP contribution in [0.4, 0.5) is 0 Å². The Balaban J connectivity index is 0.00000162. The van der Waals surface area contributed by atoms with E-state index in [-0.39, 0.29) is 24.0 Å². The van der Waals surface area contributed by atoms with Crippen LogP contribution in [-0.2, 0) is 6.54 Å². The quantitative estimate of drug-likeness (QED) is 0.486. The molecule has 2 N–H and O–H groups in total. The Hall–Kier alpha value is -0.830. The van der Waals surface area contributed by atoms with Crippen LogP contribution in [0.1, 0.15) is 19.0 Å². The zero-order chi connectivity index (χ0) is 12.1. The van der Waals surface area contributed by atoms with E-state index in [0.717, 1.165) is 29.6 Å². The van der Waals surface area contributed by atoms with Gasteiger partial charge in [0.15, 0.2) is 10.9 Å². The van der Waals surface area contributed by atoms with Gasteiger partial charge in [-0.25, -0.2) is 4.98 Å². The molecule has 2 aromatic heterocycles. The summed E-state index contributed by atoms with van der Waals surface area (Å²) in [6.45, 7) is 3.75. The second kappa shape index (κ2) is 7.57. The highest BCUT2D eigenvalue weighted by Gasteiger charge is 2.03. The van der Waals surface area contributed by atoms with Crippen LogP contribution in [0.25, 0.3) is 4.96 Å². The van der Waals surface area contributed by atoms with Crippen LogP contribution in [0.3, 0.4) is 0 Å². The fourth-order valence-corrected chi connectivity index (χ4v) is 2.22. The maximum absolute atomic E-state index is 4.50. The SMILES string of the molecule is CCCNC(=NC)NCc1cn2ccsc2n1.I. The number of imidazole rings is 1. The summed E-state index contributed by atoms with van der Waals surface area (Å²) in [6, 6.07) is 0. The van der Waals surface area contributed by atoms with E-state index in [4.69, 9.17) is 0 Å². The molecule has 0 saturated heterocycles. The van der Waals surface area contributed by atoms with Crippen molar-refractivity contribution in [3.8, 4) is 0 Å². The summed E-state index contributed by atoms with van der Waals surface area (Å²) in [7, 11) is 1.77. The Morgan fingerprint density at radius 1 is 1.50 bits per heavy atom. The average Bonchev–Trinajstić information content (AvgIpc) is 2.89. The van der Waals surface area contributed by atoms with Gasteiger partial charge in [0, 0.05) is 31.4 Å². The number of nitrogens with one attached hydrogen (secondary N) is 2. The monoisotopic (exact) mass is 379 g/mol. The predicted molar refractivity (Wildman–Crippen MR) is 87.0 cm³/mol. The maximum atomic E-state index is 4.50. The maximum Gasteiger partial charge on any atom is 0.193 e. The van der Waals surface area contributed by atoms with E-state index in [1.807, 2.05) is 22.2 Å². The molecule has 0 saturated carbocycles. The molecule has 0 fully saturated rings. The average molecular weight is 379 g/mol. The van der Waals surface area contributed by atoms with Crippen LogP contribution in [0.2, 0.25) is 0 Å². The lowest BCUT2D eigenvalue weighted by Crippen LogP contribution is -2.37. The number of thiazole rings is 1. The molecule has 2 heterocycles. The number of fused-ring (bicyclic) bond motifs is 1. The van der Waals surface area contributed by atoms with Gasteiger partial charge in [0.2, 0.25) is 0 Å². The predicted octanol–water partition coefficient (Wildman–Crippen LogP) is 2.09. The molecule has 0 aliphatic rings. The first-order chi connectivity index (χ1) is 8.33. The minimum absolute atomic E-state index is 0. The van der Waals surface area contributed by atoms with Crippen LogP contribution in [-0.4, -0.2) is 28.9 Å². The number of nitrogens with zero attached hydrogens (tertiary/aromatic N) is 3. The van der Waals surface area contributed by atoms with Gasteiger partial charge in [0.05, 0.1) is 12.2 Å². The van der Waals surface area contributed by atoms with Crippen LogP contribution in [0.15, 0.2) is 22.8 Å². The number of aliphatic imine (C=N–C) groups is 1. The van der Waals surface area contributed by atoms with Crippen molar-refractivity contribution in [3.63, 3.8) is 0 Å². The molecule has 2 aromatic rings. The van der Waals surface area contributed by atoms with Gasteiger partial charge in [0.1, 0.15) is 0 Å². The highest BCUT2D eigenvalue weighted by atomic mass is 127. The third-order valence-corrected chi connectivity index (χ3v) is 3.12. The van der Waals surface area contributed by atoms with Crippen molar-refractivity contribution in [1.82, 2.24) is 20.0 Å². The molecule has 0 amide bonds. The number of guanidine groups is 1. The van der Waals surface area contributed by atoms with Crippen LogP contribution >= 0.6 is 35.3 Å². The van der Waals surface area contributed by atoms with Crippen LogP contribution < -0.4 is 10.6 Å². The van der Waals surface area contributed by atoms with Crippen molar-refractivity contribution in [2.24, 2.45) is 4.99 Å². The first-order valence-electron chi connectivity index (χ1n) is 5.69. The topological polar surface area (TPSA) is 53.7 Å². The standard InChI is InChI=1S/C11H17N5S.HI/c1-3-4-13-10(12-2)14-7-9-8-16-5-6-17-11(16)15-9;/h5-6,8H,3-4,7H2,1-2H3,(H2,12,13,14);1H. The molecule has 0 aliphatic heterocycles. The molecule has 0 atom stereocenters. The molecule has 2 rings (SSSR count). The molecule has 0 bridgehead atoms. The first kappa shape index (κ1) is 15.2. The smallest absolute Gasteiger partial charge is 0.193 e. The summed E-state index contributed by atoms with van der Waals surface area (Å²) in [5.74, 6) is 0.822. The second-order valence-electron chi connectivity index (χ2n) is 3.68. The molecule has 18 heavy (non-hydrogen) atoms. The van der Waals surface area contributed by atoms with Gasteiger partial charge in [-0.1, -0.05) is 6.92 Å². The van der Waals surface area contributed by atoms with E-state index < -0.39 is 0 Å². The first-order valence-corrected chi connectivity index (χ1v) is 6.57. The Kier molecular flexibility index (Phi) is 6.41. The molecule has 100 valence electrons. The molecule has 0 aromatic carbocycles. The molecule has 5 nitrogen and oxygen atoms in total. The number of halogens is 1. The second-order valence-corrected chi connectivity index (χ2v) is 4.55. The number of aromatic nitrogens is 2. The fraction of sp³-hybridized carbons (Fsp3) is 0.455. The van der Waals surface area contributed by atoms with Crippen molar-refractivity contribution in [3.05, 3.63) is 23.5 Å². The van der Waals surface area contributed by atoms with E-state index in [1.165, 1.54) is 0 Å². The van der Waals surface area contributed by atoms with Gasteiger partial charge in [0.25, 0.3) is 0 Å². The number of rotatable bonds is 4. The Labute approximate surface area is 128 Å². The Morgan fingerprint density at radius 3 is 3.00 bits per heavy atom. The van der Waals surface area contributed by atoms with Crippen LogP contribution in [0.5, 0.6) is 0 Å². The van der Waals surface area contributed by atoms with Crippen molar-refractivity contribution in [2.45, 2.75) is 19.9 Å². The number of hydrogen-bond acceptors (Lipinski definition) is 3. The van der Waals surface area contributed by atoms with Gasteiger partial charge in [-0.3, -0.25) is 9.39 Å². The molecule has 0 radical (unpaired) electrons. The van der Waals surface area contributed by atoms with Gasteiger partial charge in [-0.15, -0.1) is 35.3 Å². The Morgan fingerprint density at radius 2 is 2.33 bits per heavy atom. The highest BCUT2D eigenvalue weighted by Crippen LogP contribution is 2.10. The summed E-state index contributed by atoms with van der Waals surface area (Å²) in [6.07, 6.45) is 5.13. The molecule has 0 unspecified atom stereocenters. The highest BCUT2D eigenvalue weighted by molar-refractivity contribution is 14.0. The number of hydrogen-bond donors (Lipinski definition) is 2. The van der Waals surface area contributed by atoms with Gasteiger partial charge >= 0.3 is 0 Å². The minimum atomic E-state index is 0. The summed E-state index contributed by atoms with van der Waals surface area (Å²) >= 11 is 1.64. The van der Waals surface area contributed by atoms with E-state index in [9.17, 15) is 0 Å². The normalized spacial score (nSPS) is 11.3. The van der Waals surface area contributed by atoms with E-state index >= 15 is 0 Å². The van der Waals surface area contributed by atoms with E-state index in [0.29, 0.717) is 6.54 Å². The summed E-state index contributed by atoms with van der Waals surface area (Å²) < 4.78 is 2.03. The third-order valence-electron chi connectivity index (χ3n) is 2.35. The summed E-state index contributed by atoms with van der Waals surface area (Å²) in [4.78, 5) is 9.67. The summed E-state index contributed by atoms with van der Waals surface area (Å²) in [5.41, 5.74) is 1.02. The lowest BCUT2D eigenvalue weighted by molar-refractivity contribution is 0.775. The van der Waals surface area contributed by atoms with Crippen molar-refractivity contribution >= 4 is 46.2 Å². The molecule has 0 spiro atoms. The van der Waals surface area contributed by atoms with E-state index in [2.05, 4.69) is 27.5 Å². The van der Waals surface area contributed by atoms with Crippen LogP contribution in [0, 0.1) is 0 Å². The van der Waals surface area contributed by atoms with Crippen molar-refractivity contribution in [2.75, 3.05) is 13.6 Å². The third kappa shape index (κ3) is 3.84. The van der Waals surface area contributed by atoms with Gasteiger partial charge < -0.3 is 10.6 Å². The molecule has 0 aliphatic carbocycles. The Bertz CT molecular complexity index is 476. The fourth-order valence-electron chi connectivity index (χ4n) is 1.50. The van der Waals surface area contributed by atoms with Crippen molar-refractivity contribution in [1.29, 1.82) is 0 Å². The van der Waals surface area contributed by atoms with Gasteiger partial charge in [-0.05, 0) is 6.42 Å².